The van der Waals surface area contributed by atoms with Crippen LogP contribution in [-0.4, -0.2) is 4.21 Å². The van der Waals surface area contributed by atoms with Crippen LogP contribution in [0.15, 0.2) is 47.4 Å². The van der Waals surface area contributed by atoms with Crippen LogP contribution in [0.4, 0.5) is 4.39 Å². The van der Waals surface area contributed by atoms with Gasteiger partial charge in [-0.2, -0.15) is 0 Å². The van der Waals surface area contributed by atoms with E-state index < -0.39 is 16.6 Å². The van der Waals surface area contributed by atoms with Gasteiger partial charge in [-0.05, 0) is 37.1 Å². The van der Waals surface area contributed by atoms with E-state index in [4.69, 9.17) is 0 Å². The van der Waals surface area contributed by atoms with Crippen LogP contribution in [0.25, 0.3) is 0 Å². The van der Waals surface area contributed by atoms with Gasteiger partial charge >= 0.3 is 0 Å². The Labute approximate surface area is 109 Å². The van der Waals surface area contributed by atoms with Crippen molar-refractivity contribution < 1.29 is 8.60 Å². The molecule has 1 atom stereocenters. The zero-order chi connectivity index (χ0) is 13.1. The van der Waals surface area contributed by atoms with Crippen molar-refractivity contribution in [3.63, 3.8) is 0 Å². The molecule has 0 fully saturated rings. The van der Waals surface area contributed by atoms with Crippen LogP contribution in [0.3, 0.4) is 0 Å². The first-order chi connectivity index (χ1) is 8.58. The molecule has 2 aromatic rings. The molecule has 94 valence electrons. The van der Waals surface area contributed by atoms with Gasteiger partial charge in [-0.3, -0.25) is 4.21 Å². The molecule has 0 saturated heterocycles. The molecule has 0 saturated carbocycles. The Bertz CT molecular complexity index is 593. The van der Waals surface area contributed by atoms with Gasteiger partial charge in [-0.1, -0.05) is 35.9 Å². The zero-order valence-electron chi connectivity index (χ0n) is 10.4. The summed E-state index contributed by atoms with van der Waals surface area (Å²) in [6, 6.07) is 12.3. The van der Waals surface area contributed by atoms with E-state index in [1.807, 2.05) is 32.0 Å². The Morgan fingerprint density at radius 3 is 2.56 bits per heavy atom. The van der Waals surface area contributed by atoms with Gasteiger partial charge in [-0.25, -0.2) is 4.39 Å². The van der Waals surface area contributed by atoms with Gasteiger partial charge in [0.25, 0.3) is 0 Å². The van der Waals surface area contributed by atoms with E-state index in [-0.39, 0.29) is 4.90 Å². The summed E-state index contributed by atoms with van der Waals surface area (Å²) in [5.41, 5.74) is 3.23. The normalized spacial score (nSPS) is 12.4. The summed E-state index contributed by atoms with van der Waals surface area (Å²) in [5.74, 6) is -0.0461. The fraction of sp³-hybridized carbons (Fsp3) is 0.200. The van der Waals surface area contributed by atoms with Crippen molar-refractivity contribution in [1.82, 2.24) is 0 Å². The monoisotopic (exact) mass is 262 g/mol. The topological polar surface area (TPSA) is 17.1 Å². The van der Waals surface area contributed by atoms with Crippen molar-refractivity contribution in [3.05, 3.63) is 65.0 Å². The maximum atomic E-state index is 13.5. The minimum atomic E-state index is -1.34. The third-order valence-corrected chi connectivity index (χ3v) is 4.27. The standard InChI is InChI=1S/C15H15FOS/c1-11-7-8-12(2)13(9-11)10-18(17)15-6-4-3-5-14(15)16/h3-9H,10H2,1-2H3. The highest BCUT2D eigenvalue weighted by molar-refractivity contribution is 7.84. The lowest BCUT2D eigenvalue weighted by Crippen LogP contribution is -2.01. The second-order valence-electron chi connectivity index (χ2n) is 4.35. The predicted molar refractivity (Wildman–Crippen MR) is 72.4 cm³/mol. The average Bonchev–Trinajstić information content (AvgIpc) is 2.34. The second kappa shape index (κ2) is 5.44. The van der Waals surface area contributed by atoms with Crippen LogP contribution < -0.4 is 0 Å². The van der Waals surface area contributed by atoms with Gasteiger partial charge in [0, 0.05) is 0 Å². The first-order valence-corrected chi connectivity index (χ1v) is 7.09. The molecule has 3 heteroatoms. The number of halogens is 1. The van der Waals surface area contributed by atoms with Crippen LogP contribution in [0.5, 0.6) is 0 Å². The summed E-state index contributed by atoms with van der Waals surface area (Å²) >= 11 is 0. The molecule has 0 aliphatic heterocycles. The van der Waals surface area contributed by atoms with Crippen molar-refractivity contribution in [1.29, 1.82) is 0 Å². The third kappa shape index (κ3) is 2.85. The summed E-state index contributed by atoms with van der Waals surface area (Å²) in [7, 11) is -1.34. The number of aryl methyl sites for hydroxylation is 2. The fourth-order valence-corrected chi connectivity index (χ4v) is 3.07. The number of rotatable bonds is 3. The van der Waals surface area contributed by atoms with Crippen LogP contribution in [0.2, 0.25) is 0 Å². The van der Waals surface area contributed by atoms with Gasteiger partial charge < -0.3 is 0 Å². The van der Waals surface area contributed by atoms with Crippen molar-refractivity contribution in [2.75, 3.05) is 0 Å². The molecule has 0 amide bonds. The average molecular weight is 262 g/mol. The van der Waals surface area contributed by atoms with Crippen molar-refractivity contribution >= 4 is 10.8 Å². The SMILES string of the molecule is Cc1ccc(C)c(CS(=O)c2ccccc2F)c1. The van der Waals surface area contributed by atoms with Gasteiger partial charge in [-0.15, -0.1) is 0 Å². The summed E-state index contributed by atoms with van der Waals surface area (Å²) in [4.78, 5) is 0.276. The van der Waals surface area contributed by atoms with Crippen LogP contribution in [0.1, 0.15) is 16.7 Å². The van der Waals surface area contributed by atoms with E-state index in [9.17, 15) is 8.60 Å². The van der Waals surface area contributed by atoms with Crippen LogP contribution >= 0.6 is 0 Å². The molecule has 0 bridgehead atoms. The Hall–Kier alpha value is -1.48. The number of hydrogen-bond acceptors (Lipinski definition) is 1. The molecule has 0 aromatic heterocycles. The smallest absolute Gasteiger partial charge is 0.139 e. The number of hydrogen-bond donors (Lipinski definition) is 0. The van der Waals surface area contributed by atoms with Gasteiger partial charge in [0.15, 0.2) is 0 Å². The van der Waals surface area contributed by atoms with E-state index in [2.05, 4.69) is 0 Å². The Morgan fingerprint density at radius 2 is 1.83 bits per heavy atom. The van der Waals surface area contributed by atoms with E-state index >= 15 is 0 Å². The lowest BCUT2D eigenvalue weighted by atomic mass is 10.1. The van der Waals surface area contributed by atoms with Crippen molar-refractivity contribution in [2.45, 2.75) is 24.5 Å². The lowest BCUT2D eigenvalue weighted by molar-refractivity contribution is 0.595. The molecular weight excluding hydrogens is 247 g/mol. The maximum absolute atomic E-state index is 13.5. The third-order valence-electron chi connectivity index (χ3n) is 2.87. The number of benzene rings is 2. The molecule has 2 aromatic carbocycles. The van der Waals surface area contributed by atoms with Crippen LogP contribution in [-0.2, 0) is 16.6 Å². The highest BCUT2D eigenvalue weighted by Gasteiger charge is 2.11. The summed E-state index contributed by atoms with van der Waals surface area (Å²) in [6.07, 6.45) is 0. The van der Waals surface area contributed by atoms with E-state index in [1.54, 1.807) is 18.2 Å². The molecule has 0 radical (unpaired) electrons. The van der Waals surface area contributed by atoms with E-state index in [1.165, 1.54) is 6.07 Å². The van der Waals surface area contributed by atoms with Crippen molar-refractivity contribution in [2.24, 2.45) is 0 Å². The molecule has 18 heavy (non-hydrogen) atoms. The van der Waals surface area contributed by atoms with Crippen molar-refractivity contribution in [3.8, 4) is 0 Å². The minimum Gasteiger partial charge on any atom is -0.254 e. The summed E-state index contributed by atoms with van der Waals surface area (Å²) < 4.78 is 25.7. The molecule has 1 nitrogen and oxygen atoms in total. The van der Waals surface area contributed by atoms with Gasteiger partial charge in [0.1, 0.15) is 5.82 Å². The minimum absolute atomic E-state index is 0.276. The maximum Gasteiger partial charge on any atom is 0.139 e. The highest BCUT2D eigenvalue weighted by atomic mass is 32.2. The van der Waals surface area contributed by atoms with E-state index in [0.29, 0.717) is 5.75 Å². The predicted octanol–water partition coefficient (Wildman–Crippen LogP) is 3.75. The van der Waals surface area contributed by atoms with Crippen LogP contribution in [0, 0.1) is 19.7 Å². The van der Waals surface area contributed by atoms with Gasteiger partial charge in [0.05, 0.1) is 21.4 Å². The molecule has 1 unspecified atom stereocenters. The first kappa shape index (κ1) is 13.0. The van der Waals surface area contributed by atoms with Gasteiger partial charge in [0.2, 0.25) is 0 Å². The zero-order valence-corrected chi connectivity index (χ0v) is 11.3. The molecular formula is C15H15FOS. The fourth-order valence-electron chi connectivity index (χ4n) is 1.80. The quantitative estimate of drug-likeness (QED) is 0.823. The Morgan fingerprint density at radius 1 is 1.11 bits per heavy atom. The second-order valence-corrected chi connectivity index (χ2v) is 5.77. The molecule has 0 N–H and O–H groups in total. The summed E-state index contributed by atoms with van der Waals surface area (Å²) in [5, 5.41) is 0. The largest absolute Gasteiger partial charge is 0.254 e. The molecule has 2 rings (SSSR count). The first-order valence-electron chi connectivity index (χ1n) is 5.77. The Kier molecular flexibility index (Phi) is 3.92. The lowest BCUT2D eigenvalue weighted by Gasteiger charge is -2.08. The summed E-state index contributed by atoms with van der Waals surface area (Å²) in [6.45, 7) is 3.97. The molecule has 0 aliphatic rings. The van der Waals surface area contributed by atoms with E-state index in [0.717, 1.165) is 16.7 Å². The highest BCUT2D eigenvalue weighted by Crippen LogP contribution is 2.18. The Balaban J connectivity index is 2.27. The molecule has 0 spiro atoms. The molecule has 0 aliphatic carbocycles. The molecule has 0 heterocycles.